The van der Waals surface area contributed by atoms with Gasteiger partial charge in [0.05, 0.1) is 13.2 Å². The van der Waals surface area contributed by atoms with E-state index in [9.17, 15) is 4.79 Å². The molecule has 0 radical (unpaired) electrons. The van der Waals surface area contributed by atoms with Crippen molar-refractivity contribution in [1.29, 1.82) is 0 Å². The van der Waals surface area contributed by atoms with E-state index in [0.29, 0.717) is 6.42 Å². The van der Waals surface area contributed by atoms with Crippen LogP contribution in [0, 0.1) is 0 Å². The lowest BCUT2D eigenvalue weighted by atomic mass is 10.1. The van der Waals surface area contributed by atoms with Crippen LogP contribution in [-0.2, 0) is 14.0 Å². The molecule has 1 N–H and O–H groups in total. The minimum absolute atomic E-state index is 0.106. The van der Waals surface area contributed by atoms with Gasteiger partial charge in [-0.05, 0) is 31.5 Å². The molecule has 1 rings (SSSR count). The average Bonchev–Trinajstić information content (AvgIpc) is 2.57. The van der Waals surface area contributed by atoms with Gasteiger partial charge in [-0.3, -0.25) is 10.1 Å². The Labute approximate surface area is 112 Å². The number of carbonyl (C=O) groups excluding carboxylic acids is 1. The highest BCUT2D eigenvalue weighted by Gasteiger charge is 2.44. The monoisotopic (exact) mass is 273 g/mol. The van der Waals surface area contributed by atoms with Gasteiger partial charge in [0.25, 0.3) is 0 Å². The summed E-state index contributed by atoms with van der Waals surface area (Å²) in [7, 11) is -0.351. The Hall–Kier alpha value is -0.393. The fourth-order valence-corrected chi connectivity index (χ4v) is 3.35. The van der Waals surface area contributed by atoms with Crippen LogP contribution in [0.2, 0.25) is 18.1 Å². The maximum Gasteiger partial charge on any atom is 0.322 e. The van der Waals surface area contributed by atoms with Crippen molar-refractivity contribution in [2.75, 3.05) is 7.11 Å². The highest BCUT2D eigenvalue weighted by molar-refractivity contribution is 6.74. The summed E-state index contributed by atoms with van der Waals surface area (Å²) in [5.41, 5.74) is 0. The molecule has 1 unspecified atom stereocenters. The first-order chi connectivity index (χ1) is 8.08. The molecule has 1 saturated heterocycles. The highest BCUT2D eigenvalue weighted by Crippen LogP contribution is 2.38. The van der Waals surface area contributed by atoms with Gasteiger partial charge < -0.3 is 9.16 Å². The number of rotatable bonds is 3. The standard InChI is InChI=1S/C13H27NO3Si/c1-9-11(8-10(14-9)12(15)16-5)17-18(6,7)13(2,3)4/h9-11,14H,8H2,1-7H3/t9-,10-,11?/m0/s1. The molecule has 0 saturated carbocycles. The predicted octanol–water partition coefficient (Wildman–Crippen LogP) is 2.30. The van der Waals surface area contributed by atoms with Crippen LogP contribution in [0.1, 0.15) is 34.1 Å². The van der Waals surface area contributed by atoms with E-state index in [1.54, 1.807) is 0 Å². The molecular formula is C13H27NO3Si. The van der Waals surface area contributed by atoms with Crippen molar-refractivity contribution >= 4 is 14.3 Å². The lowest BCUT2D eigenvalue weighted by molar-refractivity contribution is -0.142. The Balaban J connectivity index is 2.67. The first-order valence-electron chi connectivity index (χ1n) is 6.60. The van der Waals surface area contributed by atoms with Gasteiger partial charge in [-0.1, -0.05) is 20.8 Å². The molecule has 1 heterocycles. The number of ether oxygens (including phenoxy) is 1. The van der Waals surface area contributed by atoms with Crippen LogP contribution in [0.25, 0.3) is 0 Å². The zero-order chi connectivity index (χ0) is 14.1. The lowest BCUT2D eigenvalue weighted by Crippen LogP contribution is -2.46. The number of carbonyl (C=O) groups is 1. The van der Waals surface area contributed by atoms with Gasteiger partial charge in [0.1, 0.15) is 6.04 Å². The van der Waals surface area contributed by atoms with E-state index in [4.69, 9.17) is 9.16 Å². The summed E-state index contributed by atoms with van der Waals surface area (Å²) in [5, 5.41) is 3.44. The molecule has 106 valence electrons. The van der Waals surface area contributed by atoms with Gasteiger partial charge in [0.2, 0.25) is 0 Å². The quantitative estimate of drug-likeness (QED) is 0.633. The molecule has 5 heteroatoms. The van der Waals surface area contributed by atoms with Gasteiger partial charge >= 0.3 is 5.97 Å². The third-order valence-corrected chi connectivity index (χ3v) is 8.73. The molecule has 0 aromatic heterocycles. The summed E-state index contributed by atoms with van der Waals surface area (Å²) in [6, 6.07) is -0.0250. The van der Waals surface area contributed by atoms with Crippen molar-refractivity contribution in [2.24, 2.45) is 0 Å². The van der Waals surface area contributed by atoms with E-state index in [2.05, 4.69) is 46.1 Å². The predicted molar refractivity (Wildman–Crippen MR) is 75.1 cm³/mol. The maximum atomic E-state index is 11.5. The Morgan fingerprint density at radius 1 is 1.33 bits per heavy atom. The second-order valence-corrected chi connectivity index (χ2v) is 11.4. The van der Waals surface area contributed by atoms with Crippen LogP contribution < -0.4 is 5.32 Å². The number of methoxy groups -OCH3 is 1. The molecule has 1 fully saturated rings. The van der Waals surface area contributed by atoms with Gasteiger partial charge in [-0.15, -0.1) is 0 Å². The summed E-state index contributed by atoms with van der Waals surface area (Å²) >= 11 is 0. The van der Waals surface area contributed by atoms with E-state index in [0.717, 1.165) is 0 Å². The Bertz CT molecular complexity index is 312. The SMILES string of the molecule is COC(=O)[C@@H]1CC(O[Si](C)(C)C(C)(C)C)[C@H](C)N1. The van der Waals surface area contributed by atoms with Gasteiger partial charge in [-0.25, -0.2) is 0 Å². The molecule has 0 aromatic rings. The van der Waals surface area contributed by atoms with E-state index in [-0.39, 0.29) is 29.2 Å². The van der Waals surface area contributed by atoms with E-state index in [1.807, 2.05) is 0 Å². The van der Waals surface area contributed by atoms with Crippen molar-refractivity contribution in [1.82, 2.24) is 5.32 Å². The number of hydrogen-bond acceptors (Lipinski definition) is 4. The molecule has 0 bridgehead atoms. The Morgan fingerprint density at radius 2 is 1.89 bits per heavy atom. The molecule has 0 aliphatic carbocycles. The zero-order valence-electron chi connectivity index (χ0n) is 12.7. The number of esters is 1. The summed E-state index contributed by atoms with van der Waals surface area (Å²) in [4.78, 5) is 11.5. The molecule has 4 nitrogen and oxygen atoms in total. The average molecular weight is 273 g/mol. The molecule has 0 spiro atoms. The van der Waals surface area contributed by atoms with Crippen LogP contribution in [0.3, 0.4) is 0 Å². The summed E-state index contributed by atoms with van der Waals surface area (Å²) in [6.07, 6.45) is 0.815. The van der Waals surface area contributed by atoms with Crippen molar-refractivity contribution < 1.29 is 14.0 Å². The van der Waals surface area contributed by atoms with E-state index >= 15 is 0 Å². The van der Waals surface area contributed by atoms with Gasteiger partial charge in [0.15, 0.2) is 8.32 Å². The maximum absolute atomic E-state index is 11.5. The topological polar surface area (TPSA) is 47.6 Å². The van der Waals surface area contributed by atoms with Gasteiger partial charge in [-0.2, -0.15) is 0 Å². The van der Waals surface area contributed by atoms with Crippen molar-refractivity contribution in [3.63, 3.8) is 0 Å². The van der Waals surface area contributed by atoms with Crippen LogP contribution >= 0.6 is 0 Å². The molecule has 1 aliphatic rings. The molecule has 0 amide bonds. The zero-order valence-corrected chi connectivity index (χ0v) is 13.7. The number of hydrogen-bond donors (Lipinski definition) is 1. The fourth-order valence-electron chi connectivity index (χ4n) is 1.94. The van der Waals surface area contributed by atoms with Gasteiger partial charge in [0, 0.05) is 6.04 Å². The Morgan fingerprint density at radius 3 is 2.33 bits per heavy atom. The lowest BCUT2D eigenvalue weighted by Gasteiger charge is -2.39. The molecule has 18 heavy (non-hydrogen) atoms. The summed E-state index contributed by atoms with van der Waals surface area (Å²) in [5.74, 6) is -0.191. The van der Waals surface area contributed by atoms with E-state index < -0.39 is 8.32 Å². The normalized spacial score (nSPS) is 29.4. The first kappa shape index (κ1) is 15.7. The minimum atomic E-state index is -1.78. The molecule has 1 aliphatic heterocycles. The first-order valence-corrected chi connectivity index (χ1v) is 9.51. The highest BCUT2D eigenvalue weighted by atomic mass is 28.4. The summed E-state index contributed by atoms with van der Waals surface area (Å²) < 4.78 is 11.2. The van der Waals surface area contributed by atoms with E-state index in [1.165, 1.54) is 7.11 Å². The molecular weight excluding hydrogens is 246 g/mol. The van der Waals surface area contributed by atoms with Crippen molar-refractivity contribution in [2.45, 2.75) is 70.4 Å². The number of nitrogens with one attached hydrogen (secondary N) is 1. The minimum Gasteiger partial charge on any atom is -0.468 e. The van der Waals surface area contributed by atoms with Crippen LogP contribution in [-0.4, -0.2) is 39.6 Å². The molecule has 3 atom stereocenters. The third-order valence-electron chi connectivity index (χ3n) is 4.23. The fraction of sp³-hybridized carbons (Fsp3) is 0.923. The summed E-state index contributed by atoms with van der Waals surface area (Å²) in [6.45, 7) is 13.2. The smallest absolute Gasteiger partial charge is 0.322 e. The van der Waals surface area contributed by atoms with Crippen LogP contribution in [0.15, 0.2) is 0 Å². The van der Waals surface area contributed by atoms with Crippen molar-refractivity contribution in [3.8, 4) is 0 Å². The molecule has 0 aromatic carbocycles. The second-order valence-electron chi connectivity index (χ2n) is 6.68. The van der Waals surface area contributed by atoms with Crippen molar-refractivity contribution in [3.05, 3.63) is 0 Å². The van der Waals surface area contributed by atoms with Crippen LogP contribution in [0.4, 0.5) is 0 Å². The van der Waals surface area contributed by atoms with Crippen LogP contribution in [0.5, 0.6) is 0 Å². The Kier molecular flexibility index (Phi) is 4.62. The largest absolute Gasteiger partial charge is 0.468 e. The third kappa shape index (κ3) is 3.33. The second kappa shape index (κ2) is 5.31.